The Bertz CT molecular complexity index is 1250. The number of nitrogens with zero attached hydrogens (tertiary/aromatic N) is 2. The summed E-state index contributed by atoms with van der Waals surface area (Å²) in [5, 5.41) is 14.5. The number of aromatic nitrogens is 1. The molecule has 0 atom stereocenters. The fourth-order valence-electron chi connectivity index (χ4n) is 3.48. The van der Waals surface area contributed by atoms with Crippen LogP contribution in [0.1, 0.15) is 66.2 Å². The van der Waals surface area contributed by atoms with Gasteiger partial charge in [0.25, 0.3) is 5.69 Å². The molecule has 9 heteroatoms. The molecular formula is C22H16N2O6S. The Morgan fingerprint density at radius 1 is 1.10 bits per heavy atom. The normalized spacial score (nSPS) is 12.3. The van der Waals surface area contributed by atoms with Crippen molar-refractivity contribution in [1.29, 1.82) is 0 Å². The Morgan fingerprint density at radius 3 is 2.48 bits per heavy atom. The molecule has 3 aromatic rings. The maximum absolute atomic E-state index is 13.0. The smallest absolute Gasteiger partial charge is 0.345 e. The first-order valence-corrected chi connectivity index (χ1v) is 10.4. The van der Waals surface area contributed by atoms with Gasteiger partial charge in [-0.25, -0.2) is 9.78 Å². The summed E-state index contributed by atoms with van der Waals surface area (Å²) >= 11 is 1.45. The molecule has 0 spiro atoms. The number of aryl methyl sites for hydroxylation is 1. The molecule has 0 amide bonds. The van der Waals surface area contributed by atoms with E-state index in [1.807, 2.05) is 6.92 Å². The van der Waals surface area contributed by atoms with E-state index in [0.29, 0.717) is 5.69 Å². The number of thiazole rings is 1. The van der Waals surface area contributed by atoms with Crippen molar-refractivity contribution in [2.24, 2.45) is 0 Å². The highest BCUT2D eigenvalue weighted by molar-refractivity contribution is 7.09. The minimum Gasteiger partial charge on any atom is -0.455 e. The molecule has 0 N–H and O–H groups in total. The van der Waals surface area contributed by atoms with Crippen LogP contribution in [0.25, 0.3) is 0 Å². The summed E-state index contributed by atoms with van der Waals surface area (Å²) in [4.78, 5) is 53.8. The Balaban J connectivity index is 1.69. The van der Waals surface area contributed by atoms with E-state index < -0.39 is 28.1 Å². The molecular weight excluding hydrogens is 420 g/mol. The lowest BCUT2D eigenvalue weighted by Gasteiger charge is -2.18. The molecule has 31 heavy (non-hydrogen) atoms. The van der Waals surface area contributed by atoms with E-state index in [4.69, 9.17) is 4.74 Å². The SMILES string of the molecule is CCCc1nc(COC(=O)c2ccc3c(c2[N+](=O)[O-])C(=O)c2ccccc2C3=O)cs1. The first-order chi connectivity index (χ1) is 14.9. The Kier molecular flexibility index (Phi) is 5.43. The zero-order valence-corrected chi connectivity index (χ0v) is 17.2. The molecule has 0 fully saturated rings. The molecule has 0 saturated carbocycles. The second kappa shape index (κ2) is 8.19. The first-order valence-electron chi connectivity index (χ1n) is 9.52. The van der Waals surface area contributed by atoms with Gasteiger partial charge in [0.2, 0.25) is 5.78 Å². The number of fused-ring (bicyclic) bond motifs is 2. The predicted molar refractivity (Wildman–Crippen MR) is 112 cm³/mol. The van der Waals surface area contributed by atoms with E-state index in [1.54, 1.807) is 17.5 Å². The highest BCUT2D eigenvalue weighted by atomic mass is 32.1. The largest absolute Gasteiger partial charge is 0.455 e. The van der Waals surface area contributed by atoms with Crippen LogP contribution in [0.5, 0.6) is 0 Å². The number of hydrogen-bond acceptors (Lipinski definition) is 8. The number of ether oxygens (including phenoxy) is 1. The number of nitro benzene ring substituents is 1. The van der Waals surface area contributed by atoms with Crippen LogP contribution in [0.15, 0.2) is 41.8 Å². The summed E-state index contributed by atoms with van der Waals surface area (Å²) in [6.07, 6.45) is 1.75. The average molecular weight is 436 g/mol. The van der Waals surface area contributed by atoms with Crippen molar-refractivity contribution in [3.63, 3.8) is 0 Å². The first kappa shape index (κ1) is 20.5. The second-order valence-corrected chi connectivity index (χ2v) is 7.85. The van der Waals surface area contributed by atoms with Crippen molar-refractivity contribution in [3.8, 4) is 0 Å². The van der Waals surface area contributed by atoms with Gasteiger partial charge in [-0.1, -0.05) is 31.2 Å². The van der Waals surface area contributed by atoms with E-state index in [9.17, 15) is 24.5 Å². The lowest BCUT2D eigenvalue weighted by atomic mass is 9.82. The average Bonchev–Trinajstić information content (AvgIpc) is 3.22. The number of carbonyl (C=O) groups excluding carboxylic acids is 3. The maximum atomic E-state index is 13.0. The van der Waals surface area contributed by atoms with Gasteiger partial charge in [0.1, 0.15) is 17.7 Å². The minimum absolute atomic E-state index is 0.0690. The summed E-state index contributed by atoms with van der Waals surface area (Å²) in [6.45, 7) is 1.88. The van der Waals surface area contributed by atoms with E-state index in [2.05, 4.69) is 4.98 Å². The molecule has 2 aromatic carbocycles. The molecule has 0 bridgehead atoms. The van der Waals surface area contributed by atoms with Crippen molar-refractivity contribution in [2.45, 2.75) is 26.4 Å². The van der Waals surface area contributed by atoms with Crippen molar-refractivity contribution in [2.75, 3.05) is 0 Å². The third kappa shape index (κ3) is 3.64. The molecule has 0 radical (unpaired) electrons. The van der Waals surface area contributed by atoms with Crippen molar-refractivity contribution in [1.82, 2.24) is 4.98 Å². The van der Waals surface area contributed by atoms with Crippen LogP contribution in [0.2, 0.25) is 0 Å². The van der Waals surface area contributed by atoms with Crippen LogP contribution in [0.3, 0.4) is 0 Å². The third-order valence-corrected chi connectivity index (χ3v) is 5.84. The summed E-state index contributed by atoms with van der Waals surface area (Å²) in [5.41, 5.74) is -0.801. The van der Waals surface area contributed by atoms with Crippen LogP contribution in [0.4, 0.5) is 5.69 Å². The highest BCUT2D eigenvalue weighted by Gasteiger charge is 2.39. The standard InChI is InChI=1S/C22H16N2O6S/c1-2-5-17-23-12(11-31-17)10-30-22(27)16-9-8-15-18(19(16)24(28)29)21(26)14-7-4-3-6-13(14)20(15)25/h3-4,6-9,11H,2,5,10H2,1H3. The van der Waals surface area contributed by atoms with Crippen molar-refractivity contribution < 1.29 is 24.0 Å². The van der Waals surface area contributed by atoms with Crippen LogP contribution in [0, 0.1) is 10.1 Å². The van der Waals surface area contributed by atoms with Gasteiger partial charge < -0.3 is 4.74 Å². The summed E-state index contributed by atoms with van der Waals surface area (Å²) in [5.74, 6) is -2.13. The zero-order valence-electron chi connectivity index (χ0n) is 16.4. The molecule has 4 rings (SSSR count). The number of esters is 1. The molecule has 156 valence electrons. The van der Waals surface area contributed by atoms with Crippen molar-refractivity contribution in [3.05, 3.63) is 90.4 Å². The fourth-order valence-corrected chi connectivity index (χ4v) is 4.37. The minimum atomic E-state index is -0.960. The monoisotopic (exact) mass is 436 g/mol. The highest BCUT2D eigenvalue weighted by Crippen LogP contribution is 2.35. The second-order valence-electron chi connectivity index (χ2n) is 6.90. The summed E-state index contributed by atoms with van der Waals surface area (Å²) in [7, 11) is 0. The van der Waals surface area contributed by atoms with Gasteiger partial charge in [0.15, 0.2) is 5.78 Å². The quantitative estimate of drug-likeness (QED) is 0.253. The fraction of sp³-hybridized carbons (Fsp3) is 0.182. The van der Waals surface area contributed by atoms with Crippen molar-refractivity contribution >= 4 is 34.6 Å². The van der Waals surface area contributed by atoms with E-state index >= 15 is 0 Å². The zero-order chi connectivity index (χ0) is 22.1. The topological polar surface area (TPSA) is 116 Å². The molecule has 0 unspecified atom stereocenters. The van der Waals surface area contributed by atoms with Gasteiger partial charge in [-0.15, -0.1) is 11.3 Å². The van der Waals surface area contributed by atoms with E-state index in [0.717, 1.165) is 23.9 Å². The van der Waals surface area contributed by atoms with Gasteiger partial charge in [0, 0.05) is 22.1 Å². The molecule has 0 saturated heterocycles. The number of ketones is 2. The van der Waals surface area contributed by atoms with Crippen LogP contribution >= 0.6 is 11.3 Å². The van der Waals surface area contributed by atoms with E-state index in [1.165, 1.54) is 29.5 Å². The van der Waals surface area contributed by atoms with E-state index in [-0.39, 0.29) is 34.4 Å². The Labute approximate surface area is 180 Å². The Morgan fingerprint density at radius 2 is 1.81 bits per heavy atom. The number of benzene rings is 2. The molecule has 1 aliphatic rings. The maximum Gasteiger partial charge on any atom is 0.345 e. The lowest BCUT2D eigenvalue weighted by Crippen LogP contribution is -2.23. The lowest BCUT2D eigenvalue weighted by molar-refractivity contribution is -0.385. The molecule has 0 aliphatic heterocycles. The summed E-state index contributed by atoms with van der Waals surface area (Å²) in [6, 6.07) is 8.52. The van der Waals surface area contributed by atoms with Gasteiger partial charge in [-0.3, -0.25) is 19.7 Å². The Hall–Kier alpha value is -3.72. The number of hydrogen-bond donors (Lipinski definition) is 0. The van der Waals surface area contributed by atoms with Gasteiger partial charge in [0.05, 0.1) is 15.6 Å². The third-order valence-electron chi connectivity index (χ3n) is 4.88. The van der Waals surface area contributed by atoms with Crippen LogP contribution in [-0.2, 0) is 17.8 Å². The summed E-state index contributed by atoms with van der Waals surface area (Å²) < 4.78 is 5.22. The van der Waals surface area contributed by atoms with Crippen LogP contribution in [-0.4, -0.2) is 27.4 Å². The van der Waals surface area contributed by atoms with Gasteiger partial charge >= 0.3 is 5.97 Å². The molecule has 1 aliphatic carbocycles. The van der Waals surface area contributed by atoms with Crippen LogP contribution < -0.4 is 0 Å². The molecule has 1 heterocycles. The number of rotatable bonds is 6. The molecule has 1 aromatic heterocycles. The van der Waals surface area contributed by atoms with Gasteiger partial charge in [-0.2, -0.15) is 0 Å². The number of carbonyl (C=O) groups is 3. The number of nitro groups is 1. The molecule has 8 nitrogen and oxygen atoms in total. The predicted octanol–water partition coefficient (Wildman–Crippen LogP) is 4.14. The van der Waals surface area contributed by atoms with Gasteiger partial charge in [-0.05, 0) is 25.0 Å².